The van der Waals surface area contributed by atoms with Gasteiger partial charge in [0.2, 0.25) is 5.91 Å². The second-order valence-corrected chi connectivity index (χ2v) is 4.98. The third-order valence-corrected chi connectivity index (χ3v) is 3.51. The number of carboxylic acid groups (broad SMARTS) is 1. The van der Waals surface area contributed by atoms with Crippen LogP contribution in [0.25, 0.3) is 0 Å². The van der Waals surface area contributed by atoms with Crippen molar-refractivity contribution in [2.45, 2.75) is 19.9 Å². The van der Waals surface area contributed by atoms with Gasteiger partial charge in [0.1, 0.15) is 13.2 Å². The number of benzene rings is 1. The first-order chi connectivity index (χ1) is 9.95. The molecule has 114 valence electrons. The van der Waals surface area contributed by atoms with Gasteiger partial charge in [-0.2, -0.15) is 0 Å². The van der Waals surface area contributed by atoms with Crippen molar-refractivity contribution in [1.29, 1.82) is 0 Å². The van der Waals surface area contributed by atoms with Crippen LogP contribution >= 0.6 is 11.6 Å². The largest absolute Gasteiger partial charge is 0.486 e. The van der Waals surface area contributed by atoms with E-state index in [0.717, 1.165) is 0 Å². The van der Waals surface area contributed by atoms with Gasteiger partial charge >= 0.3 is 5.97 Å². The molecule has 7 heteroatoms. The first-order valence-corrected chi connectivity index (χ1v) is 6.92. The molecule has 1 aliphatic rings. The summed E-state index contributed by atoms with van der Waals surface area (Å²) < 4.78 is 10.8. The van der Waals surface area contributed by atoms with Crippen LogP contribution in [0.15, 0.2) is 12.1 Å². The Morgan fingerprint density at radius 2 is 2.05 bits per heavy atom. The highest BCUT2D eigenvalue weighted by atomic mass is 35.5. The fraction of sp³-hybridized carbons (Fsp3) is 0.429. The number of carboxylic acids is 1. The van der Waals surface area contributed by atoms with Crippen molar-refractivity contribution in [3.05, 3.63) is 22.7 Å². The summed E-state index contributed by atoms with van der Waals surface area (Å²) in [7, 11) is 0. The van der Waals surface area contributed by atoms with E-state index in [1.54, 1.807) is 13.0 Å². The lowest BCUT2D eigenvalue weighted by Gasteiger charge is -2.28. The molecule has 0 saturated carbocycles. The predicted molar refractivity (Wildman–Crippen MR) is 75.9 cm³/mol. The van der Waals surface area contributed by atoms with Gasteiger partial charge in [-0.1, -0.05) is 11.6 Å². The lowest BCUT2D eigenvalue weighted by molar-refractivity contribution is -0.149. The number of rotatable bonds is 4. The smallest absolute Gasteiger partial charge is 0.331 e. The molecule has 0 spiro atoms. The molecule has 0 bridgehead atoms. The molecule has 1 amide bonds. The summed E-state index contributed by atoms with van der Waals surface area (Å²) >= 11 is 6.12. The Kier molecular flexibility index (Phi) is 4.57. The van der Waals surface area contributed by atoms with Gasteiger partial charge in [0.15, 0.2) is 17.5 Å². The number of likely N-dealkylation sites (N-methyl/N-ethyl adjacent to an activating group) is 1. The van der Waals surface area contributed by atoms with Gasteiger partial charge in [-0.05, 0) is 24.6 Å². The van der Waals surface area contributed by atoms with E-state index in [1.807, 2.05) is 0 Å². The molecule has 2 rings (SSSR count). The SMILES string of the molecule is CCN(C(C)=O)C(C(=O)O)c1cc(Cl)c2c(c1)OCCO2. The number of carbonyl (C=O) groups excluding carboxylic acids is 1. The first kappa shape index (κ1) is 15.4. The molecular formula is C14H16ClNO5. The van der Waals surface area contributed by atoms with Gasteiger partial charge in [-0.25, -0.2) is 4.79 Å². The highest BCUT2D eigenvalue weighted by Crippen LogP contribution is 2.40. The van der Waals surface area contributed by atoms with Crippen LogP contribution < -0.4 is 9.47 Å². The Morgan fingerprint density at radius 1 is 1.38 bits per heavy atom. The summed E-state index contributed by atoms with van der Waals surface area (Å²) in [6, 6.07) is 1.95. The van der Waals surface area contributed by atoms with E-state index < -0.39 is 12.0 Å². The summed E-state index contributed by atoms with van der Waals surface area (Å²) in [6.07, 6.45) is 0. The van der Waals surface area contributed by atoms with Crippen molar-refractivity contribution in [1.82, 2.24) is 4.90 Å². The van der Waals surface area contributed by atoms with Crippen molar-refractivity contribution in [2.24, 2.45) is 0 Å². The zero-order valence-electron chi connectivity index (χ0n) is 11.8. The van der Waals surface area contributed by atoms with E-state index in [-0.39, 0.29) is 17.5 Å². The maximum absolute atomic E-state index is 11.6. The molecule has 1 aromatic carbocycles. The molecule has 0 fully saturated rings. The normalized spacial score (nSPS) is 14.4. The van der Waals surface area contributed by atoms with Gasteiger partial charge in [0, 0.05) is 13.5 Å². The molecule has 1 aromatic rings. The zero-order chi connectivity index (χ0) is 15.6. The van der Waals surface area contributed by atoms with Crippen LogP contribution in [0.1, 0.15) is 25.5 Å². The molecule has 0 aromatic heterocycles. The Hall–Kier alpha value is -1.95. The Balaban J connectivity index is 2.48. The van der Waals surface area contributed by atoms with Gasteiger partial charge in [0.25, 0.3) is 0 Å². The highest BCUT2D eigenvalue weighted by Gasteiger charge is 2.30. The van der Waals surface area contributed by atoms with Crippen LogP contribution in [0.4, 0.5) is 0 Å². The summed E-state index contributed by atoms with van der Waals surface area (Å²) in [5.41, 5.74) is 0.383. The van der Waals surface area contributed by atoms with Crippen molar-refractivity contribution in [3.8, 4) is 11.5 Å². The highest BCUT2D eigenvalue weighted by molar-refractivity contribution is 6.32. The van der Waals surface area contributed by atoms with Crippen LogP contribution in [-0.4, -0.2) is 41.6 Å². The van der Waals surface area contributed by atoms with Gasteiger partial charge in [-0.3, -0.25) is 4.79 Å². The Bertz CT molecular complexity index is 575. The number of carbonyl (C=O) groups is 2. The summed E-state index contributed by atoms with van der Waals surface area (Å²) in [5.74, 6) is -0.646. The average Bonchev–Trinajstić information content (AvgIpc) is 2.43. The van der Waals surface area contributed by atoms with Gasteiger partial charge in [-0.15, -0.1) is 0 Å². The lowest BCUT2D eigenvalue weighted by Crippen LogP contribution is -2.37. The topological polar surface area (TPSA) is 76.1 Å². The van der Waals surface area contributed by atoms with Crippen LogP contribution in [0.5, 0.6) is 11.5 Å². The second kappa shape index (κ2) is 6.22. The maximum Gasteiger partial charge on any atom is 0.331 e. The van der Waals surface area contributed by atoms with Gasteiger partial charge < -0.3 is 19.5 Å². The molecule has 1 N–H and O–H groups in total. The summed E-state index contributed by atoms with van der Waals surface area (Å²) in [4.78, 5) is 24.5. The molecule has 1 unspecified atom stereocenters. The van der Waals surface area contributed by atoms with Crippen molar-refractivity contribution < 1.29 is 24.2 Å². The molecule has 21 heavy (non-hydrogen) atoms. The molecule has 1 heterocycles. The molecule has 0 saturated heterocycles. The van der Waals surface area contributed by atoms with E-state index >= 15 is 0 Å². The van der Waals surface area contributed by atoms with E-state index in [1.165, 1.54) is 17.9 Å². The van der Waals surface area contributed by atoms with Crippen LogP contribution in [0.3, 0.4) is 0 Å². The maximum atomic E-state index is 11.6. The third kappa shape index (κ3) is 3.05. The standard InChI is InChI=1S/C14H16ClNO5/c1-3-16(8(2)17)12(14(18)19)9-6-10(15)13-11(7-9)20-4-5-21-13/h6-7,12H,3-5H2,1-2H3,(H,18,19). The molecular weight excluding hydrogens is 298 g/mol. The van der Waals surface area contributed by atoms with Crippen LogP contribution in [-0.2, 0) is 9.59 Å². The fourth-order valence-corrected chi connectivity index (χ4v) is 2.61. The number of aliphatic carboxylic acids is 1. The van der Waals surface area contributed by atoms with E-state index in [0.29, 0.717) is 30.3 Å². The number of fused-ring (bicyclic) bond motifs is 1. The average molecular weight is 314 g/mol. The minimum absolute atomic E-state index is 0.271. The lowest BCUT2D eigenvalue weighted by atomic mass is 10.0. The fourth-order valence-electron chi connectivity index (χ4n) is 2.33. The molecule has 1 aliphatic heterocycles. The zero-order valence-corrected chi connectivity index (χ0v) is 12.5. The summed E-state index contributed by atoms with van der Waals surface area (Å²) in [5, 5.41) is 9.73. The number of ether oxygens (including phenoxy) is 2. The Labute approximate surface area is 127 Å². The second-order valence-electron chi connectivity index (χ2n) is 4.57. The Morgan fingerprint density at radius 3 is 2.62 bits per heavy atom. The monoisotopic (exact) mass is 313 g/mol. The van der Waals surface area contributed by atoms with E-state index in [9.17, 15) is 14.7 Å². The number of hydrogen-bond donors (Lipinski definition) is 1. The minimum Gasteiger partial charge on any atom is -0.486 e. The first-order valence-electron chi connectivity index (χ1n) is 6.54. The predicted octanol–water partition coefficient (Wildman–Crippen LogP) is 2.11. The van der Waals surface area contributed by atoms with E-state index in [4.69, 9.17) is 21.1 Å². The van der Waals surface area contributed by atoms with Crippen molar-refractivity contribution in [2.75, 3.05) is 19.8 Å². The summed E-state index contributed by atoms with van der Waals surface area (Å²) in [6.45, 7) is 4.09. The quantitative estimate of drug-likeness (QED) is 0.921. The third-order valence-electron chi connectivity index (χ3n) is 3.23. The van der Waals surface area contributed by atoms with Crippen molar-refractivity contribution >= 4 is 23.5 Å². The number of amides is 1. The van der Waals surface area contributed by atoms with Crippen LogP contribution in [0, 0.1) is 0 Å². The molecule has 1 atom stereocenters. The molecule has 0 aliphatic carbocycles. The minimum atomic E-state index is -1.13. The van der Waals surface area contributed by atoms with Crippen LogP contribution in [0.2, 0.25) is 5.02 Å². The number of halogens is 1. The number of nitrogens with zero attached hydrogens (tertiary/aromatic N) is 1. The number of hydrogen-bond acceptors (Lipinski definition) is 4. The van der Waals surface area contributed by atoms with E-state index in [2.05, 4.69) is 0 Å². The van der Waals surface area contributed by atoms with Crippen molar-refractivity contribution in [3.63, 3.8) is 0 Å². The van der Waals surface area contributed by atoms with Gasteiger partial charge in [0.05, 0.1) is 5.02 Å². The molecule has 6 nitrogen and oxygen atoms in total. The molecule has 0 radical (unpaired) electrons.